The first-order valence-electron chi connectivity index (χ1n) is 4.94. The van der Waals surface area contributed by atoms with E-state index >= 15 is 0 Å². The third-order valence-corrected chi connectivity index (χ3v) is 1.73. The quantitative estimate of drug-likeness (QED) is 0.481. The zero-order chi connectivity index (χ0) is 11.1. The third kappa shape index (κ3) is 6.66. The molecule has 14 heavy (non-hydrogen) atoms. The summed E-state index contributed by atoms with van der Waals surface area (Å²) in [5, 5.41) is 0. The second kappa shape index (κ2) is 6.60. The van der Waals surface area contributed by atoms with Gasteiger partial charge >= 0.3 is 5.97 Å². The van der Waals surface area contributed by atoms with E-state index in [9.17, 15) is 4.79 Å². The van der Waals surface area contributed by atoms with Gasteiger partial charge in [0.15, 0.2) is 0 Å². The molecule has 0 aliphatic rings. The maximum atomic E-state index is 11.0. The molecule has 3 nitrogen and oxygen atoms in total. The lowest BCUT2D eigenvalue weighted by Gasteiger charge is -2.18. The van der Waals surface area contributed by atoms with E-state index in [0.717, 1.165) is 13.1 Å². The second-order valence-electron chi connectivity index (χ2n) is 4.07. The molecule has 0 aliphatic carbocycles. The Morgan fingerprint density at radius 1 is 1.50 bits per heavy atom. The summed E-state index contributed by atoms with van der Waals surface area (Å²) in [5.74, 6) is 0.333. The number of hydrogen-bond donors (Lipinski definition) is 0. The van der Waals surface area contributed by atoms with Gasteiger partial charge in [0.05, 0.1) is 0 Å². The molecule has 0 saturated carbocycles. The van der Waals surface area contributed by atoms with Crippen LogP contribution in [0.4, 0.5) is 0 Å². The van der Waals surface area contributed by atoms with Crippen LogP contribution in [0.15, 0.2) is 12.2 Å². The molecule has 82 valence electrons. The van der Waals surface area contributed by atoms with Crippen molar-refractivity contribution in [1.29, 1.82) is 0 Å². The number of rotatable bonds is 6. The molecular formula is C11H21NO2. The predicted octanol–water partition coefficient (Wildman–Crippen LogP) is 1.69. The van der Waals surface area contributed by atoms with Gasteiger partial charge in [-0.15, -0.1) is 0 Å². The van der Waals surface area contributed by atoms with Gasteiger partial charge in [-0.1, -0.05) is 20.4 Å². The van der Waals surface area contributed by atoms with E-state index in [4.69, 9.17) is 4.74 Å². The molecule has 0 N–H and O–H groups in total. The Kier molecular flexibility index (Phi) is 6.21. The zero-order valence-corrected chi connectivity index (χ0v) is 9.67. The van der Waals surface area contributed by atoms with Gasteiger partial charge in [0, 0.05) is 18.7 Å². The first-order chi connectivity index (χ1) is 6.43. The Balaban J connectivity index is 3.54. The Morgan fingerprint density at radius 2 is 2.07 bits per heavy atom. The highest BCUT2D eigenvalue weighted by molar-refractivity contribution is 5.86. The van der Waals surface area contributed by atoms with Gasteiger partial charge in [-0.3, -0.25) is 0 Å². The largest absolute Gasteiger partial charge is 0.461 e. The van der Waals surface area contributed by atoms with Gasteiger partial charge in [-0.2, -0.15) is 0 Å². The van der Waals surface area contributed by atoms with Gasteiger partial charge < -0.3 is 9.64 Å². The minimum Gasteiger partial charge on any atom is -0.461 e. The maximum absolute atomic E-state index is 11.0. The van der Waals surface area contributed by atoms with E-state index in [1.807, 2.05) is 7.05 Å². The van der Waals surface area contributed by atoms with Crippen molar-refractivity contribution in [2.45, 2.75) is 20.8 Å². The SMILES string of the molecule is C=C(C)C(=O)OCCN(C)CC(C)C. The predicted molar refractivity (Wildman–Crippen MR) is 58.1 cm³/mol. The topological polar surface area (TPSA) is 29.5 Å². The fourth-order valence-electron chi connectivity index (χ4n) is 1.13. The van der Waals surface area contributed by atoms with E-state index < -0.39 is 0 Å². The molecule has 0 radical (unpaired) electrons. The van der Waals surface area contributed by atoms with Crippen molar-refractivity contribution in [3.63, 3.8) is 0 Å². The first kappa shape index (κ1) is 13.2. The Labute approximate surface area is 86.7 Å². The van der Waals surface area contributed by atoms with E-state index in [-0.39, 0.29) is 5.97 Å². The van der Waals surface area contributed by atoms with Crippen LogP contribution in [0.3, 0.4) is 0 Å². The molecule has 0 aromatic carbocycles. The van der Waals surface area contributed by atoms with Crippen LogP contribution in [-0.4, -0.2) is 37.6 Å². The van der Waals surface area contributed by atoms with Crippen molar-refractivity contribution in [2.75, 3.05) is 26.7 Å². The van der Waals surface area contributed by atoms with Crippen molar-refractivity contribution in [1.82, 2.24) is 4.90 Å². The van der Waals surface area contributed by atoms with Crippen molar-refractivity contribution in [3.05, 3.63) is 12.2 Å². The van der Waals surface area contributed by atoms with Crippen molar-refractivity contribution in [3.8, 4) is 0 Å². The van der Waals surface area contributed by atoms with E-state index in [1.54, 1.807) is 6.92 Å². The number of esters is 1. The van der Waals surface area contributed by atoms with Crippen LogP contribution in [0, 0.1) is 5.92 Å². The minimum atomic E-state index is -0.303. The zero-order valence-electron chi connectivity index (χ0n) is 9.67. The molecule has 0 atom stereocenters. The average Bonchev–Trinajstić information content (AvgIpc) is 2.02. The number of carbonyl (C=O) groups is 1. The smallest absolute Gasteiger partial charge is 0.333 e. The molecule has 0 saturated heterocycles. The fraction of sp³-hybridized carbons (Fsp3) is 0.727. The van der Waals surface area contributed by atoms with Crippen molar-refractivity contribution < 1.29 is 9.53 Å². The van der Waals surface area contributed by atoms with Crippen LogP contribution >= 0.6 is 0 Å². The van der Waals surface area contributed by atoms with Gasteiger partial charge in [-0.25, -0.2) is 4.79 Å². The highest BCUT2D eigenvalue weighted by Crippen LogP contribution is 1.96. The molecule has 0 heterocycles. The standard InChI is InChI=1S/C11H21NO2/c1-9(2)8-12(5)6-7-14-11(13)10(3)4/h9H,3,6-8H2,1-2,4-5H3. The Hall–Kier alpha value is -0.830. The molecular weight excluding hydrogens is 178 g/mol. The minimum absolute atomic E-state index is 0.303. The number of nitrogens with zero attached hydrogens (tertiary/aromatic N) is 1. The molecule has 0 fully saturated rings. The van der Waals surface area contributed by atoms with Gasteiger partial charge in [0.2, 0.25) is 0 Å². The lowest BCUT2D eigenvalue weighted by atomic mass is 10.2. The second-order valence-corrected chi connectivity index (χ2v) is 4.07. The third-order valence-electron chi connectivity index (χ3n) is 1.73. The molecule has 0 rings (SSSR count). The molecule has 0 spiro atoms. The van der Waals surface area contributed by atoms with Gasteiger partial charge in [0.1, 0.15) is 6.61 Å². The van der Waals surface area contributed by atoms with Gasteiger partial charge in [0.25, 0.3) is 0 Å². The molecule has 0 amide bonds. The summed E-state index contributed by atoms with van der Waals surface area (Å²) in [4.78, 5) is 13.2. The van der Waals surface area contributed by atoms with Gasteiger partial charge in [-0.05, 0) is 19.9 Å². The highest BCUT2D eigenvalue weighted by atomic mass is 16.5. The molecule has 0 unspecified atom stereocenters. The molecule has 0 aromatic heterocycles. The number of likely N-dealkylation sites (N-methyl/N-ethyl adjacent to an activating group) is 1. The molecule has 0 aromatic rings. The van der Waals surface area contributed by atoms with Crippen LogP contribution in [0.2, 0.25) is 0 Å². The highest BCUT2D eigenvalue weighted by Gasteiger charge is 2.05. The monoisotopic (exact) mass is 199 g/mol. The summed E-state index contributed by atoms with van der Waals surface area (Å²) in [7, 11) is 2.02. The normalized spacial score (nSPS) is 10.7. The van der Waals surface area contributed by atoms with Crippen molar-refractivity contribution >= 4 is 5.97 Å². The fourth-order valence-corrected chi connectivity index (χ4v) is 1.13. The Bertz CT molecular complexity index is 199. The average molecular weight is 199 g/mol. The molecule has 0 bridgehead atoms. The summed E-state index contributed by atoms with van der Waals surface area (Å²) in [6.45, 7) is 11.7. The van der Waals surface area contributed by atoms with Crippen LogP contribution in [0.1, 0.15) is 20.8 Å². The lowest BCUT2D eigenvalue weighted by Crippen LogP contribution is -2.27. The van der Waals surface area contributed by atoms with Crippen LogP contribution in [-0.2, 0) is 9.53 Å². The number of ether oxygens (including phenoxy) is 1. The Morgan fingerprint density at radius 3 is 2.50 bits per heavy atom. The van der Waals surface area contributed by atoms with E-state index in [1.165, 1.54) is 0 Å². The van der Waals surface area contributed by atoms with Crippen LogP contribution in [0.5, 0.6) is 0 Å². The van der Waals surface area contributed by atoms with E-state index in [2.05, 4.69) is 25.3 Å². The summed E-state index contributed by atoms with van der Waals surface area (Å²) < 4.78 is 4.98. The number of carbonyl (C=O) groups excluding carboxylic acids is 1. The summed E-state index contributed by atoms with van der Waals surface area (Å²) in [6, 6.07) is 0. The molecule has 3 heteroatoms. The number of hydrogen-bond acceptors (Lipinski definition) is 3. The molecule has 0 aliphatic heterocycles. The lowest BCUT2D eigenvalue weighted by molar-refractivity contribution is -0.139. The van der Waals surface area contributed by atoms with E-state index in [0.29, 0.717) is 18.1 Å². The maximum Gasteiger partial charge on any atom is 0.333 e. The summed E-state index contributed by atoms with van der Waals surface area (Å²) in [6.07, 6.45) is 0. The van der Waals surface area contributed by atoms with Crippen LogP contribution < -0.4 is 0 Å². The van der Waals surface area contributed by atoms with Crippen LogP contribution in [0.25, 0.3) is 0 Å². The first-order valence-corrected chi connectivity index (χ1v) is 4.94. The summed E-state index contributed by atoms with van der Waals surface area (Å²) in [5.41, 5.74) is 0.455. The summed E-state index contributed by atoms with van der Waals surface area (Å²) >= 11 is 0. The van der Waals surface area contributed by atoms with Crippen molar-refractivity contribution in [2.24, 2.45) is 5.92 Å².